The van der Waals surface area contributed by atoms with Gasteiger partial charge < -0.3 is 9.80 Å². The van der Waals surface area contributed by atoms with Crippen LogP contribution in [0.3, 0.4) is 0 Å². The number of nitrogens with zero attached hydrogens (tertiary/aromatic N) is 3. The number of halogens is 1. The average molecular weight is 389 g/mol. The first-order valence-electron chi connectivity index (χ1n) is 9.21. The summed E-state index contributed by atoms with van der Waals surface area (Å²) in [5, 5.41) is 2.98. The summed E-state index contributed by atoms with van der Waals surface area (Å²) < 4.78 is 13.9. The molecule has 0 N–H and O–H groups in total. The molecule has 144 valence electrons. The lowest BCUT2D eigenvalue weighted by molar-refractivity contribution is -0.130. The second kappa shape index (κ2) is 8.61. The second-order valence-corrected chi connectivity index (χ2v) is 7.90. The minimum Gasteiger partial charge on any atom is -0.341 e. The molecule has 1 saturated heterocycles. The normalized spacial score (nSPS) is 15.1. The third kappa shape index (κ3) is 4.71. The van der Waals surface area contributed by atoms with Crippen LogP contribution in [-0.4, -0.2) is 52.8 Å². The molecule has 2 heterocycles. The number of carbonyl (C=O) groups excluding carboxylic acids is 2. The predicted molar refractivity (Wildman–Crippen MR) is 103 cm³/mol. The molecule has 5 nitrogen and oxygen atoms in total. The van der Waals surface area contributed by atoms with Crippen molar-refractivity contribution in [2.24, 2.45) is 0 Å². The van der Waals surface area contributed by atoms with Crippen molar-refractivity contribution in [2.45, 2.75) is 32.6 Å². The predicted octanol–water partition coefficient (Wildman–Crippen LogP) is 3.32. The number of thiazole rings is 1. The molecule has 0 radical (unpaired) electrons. The quantitative estimate of drug-likeness (QED) is 0.806. The molecular weight excluding hydrogens is 365 g/mol. The molecule has 27 heavy (non-hydrogen) atoms. The van der Waals surface area contributed by atoms with Gasteiger partial charge in [-0.3, -0.25) is 9.59 Å². The van der Waals surface area contributed by atoms with Crippen molar-refractivity contribution < 1.29 is 14.0 Å². The van der Waals surface area contributed by atoms with E-state index >= 15 is 0 Å². The summed E-state index contributed by atoms with van der Waals surface area (Å²) in [7, 11) is 0. The van der Waals surface area contributed by atoms with Crippen molar-refractivity contribution >= 4 is 23.2 Å². The zero-order chi connectivity index (χ0) is 19.4. The SMILES string of the molecule is CC(C)c1nc(CC(=O)N2CCCN(C(=O)c3ccccc3F)CC2)cs1. The summed E-state index contributed by atoms with van der Waals surface area (Å²) >= 11 is 1.58. The molecule has 0 spiro atoms. The van der Waals surface area contributed by atoms with E-state index in [2.05, 4.69) is 18.8 Å². The van der Waals surface area contributed by atoms with E-state index in [4.69, 9.17) is 0 Å². The molecule has 0 unspecified atom stereocenters. The molecule has 0 aliphatic carbocycles. The van der Waals surface area contributed by atoms with Crippen molar-refractivity contribution in [3.63, 3.8) is 0 Å². The Hall–Kier alpha value is -2.28. The van der Waals surface area contributed by atoms with Crippen LogP contribution in [0.5, 0.6) is 0 Å². The standard InChI is InChI=1S/C20H24FN3O2S/c1-14(2)19-22-15(13-27-19)12-18(25)23-8-5-9-24(11-10-23)20(26)16-6-3-4-7-17(16)21/h3-4,6-7,13-14H,5,8-12H2,1-2H3. The molecule has 2 amide bonds. The van der Waals surface area contributed by atoms with Gasteiger partial charge in [0.1, 0.15) is 5.82 Å². The molecule has 2 aromatic rings. The van der Waals surface area contributed by atoms with E-state index in [0.29, 0.717) is 38.5 Å². The van der Waals surface area contributed by atoms with Crippen molar-refractivity contribution in [1.29, 1.82) is 0 Å². The summed E-state index contributed by atoms with van der Waals surface area (Å²) in [6, 6.07) is 6.02. The number of benzene rings is 1. The Labute approximate surface area is 162 Å². The van der Waals surface area contributed by atoms with E-state index in [1.54, 1.807) is 33.3 Å². The number of hydrogen-bond donors (Lipinski definition) is 0. The van der Waals surface area contributed by atoms with Crippen LogP contribution in [0.2, 0.25) is 0 Å². The molecule has 1 fully saturated rings. The van der Waals surface area contributed by atoms with Gasteiger partial charge in [0.05, 0.1) is 22.7 Å². The molecule has 1 aliphatic rings. The van der Waals surface area contributed by atoms with E-state index in [9.17, 15) is 14.0 Å². The van der Waals surface area contributed by atoms with Crippen LogP contribution in [0.25, 0.3) is 0 Å². The Balaban J connectivity index is 1.59. The van der Waals surface area contributed by atoms with Crippen LogP contribution in [0.1, 0.15) is 47.2 Å². The molecule has 0 saturated carbocycles. The smallest absolute Gasteiger partial charge is 0.256 e. The number of amides is 2. The van der Waals surface area contributed by atoms with Crippen LogP contribution in [-0.2, 0) is 11.2 Å². The molecule has 0 bridgehead atoms. The summed E-state index contributed by atoms with van der Waals surface area (Å²) in [5.41, 5.74) is 0.887. The highest BCUT2D eigenvalue weighted by Gasteiger charge is 2.24. The first-order chi connectivity index (χ1) is 13.0. The maximum absolute atomic E-state index is 13.9. The number of rotatable bonds is 4. The van der Waals surface area contributed by atoms with Gasteiger partial charge in [-0.1, -0.05) is 26.0 Å². The van der Waals surface area contributed by atoms with Gasteiger partial charge in [-0.05, 0) is 18.6 Å². The Morgan fingerprint density at radius 1 is 1.15 bits per heavy atom. The fraction of sp³-hybridized carbons (Fsp3) is 0.450. The first kappa shape index (κ1) is 19.5. The molecule has 1 aliphatic heterocycles. The van der Waals surface area contributed by atoms with Gasteiger partial charge in [0.15, 0.2) is 0 Å². The van der Waals surface area contributed by atoms with E-state index in [1.807, 2.05) is 5.38 Å². The van der Waals surface area contributed by atoms with E-state index < -0.39 is 5.82 Å². The Morgan fingerprint density at radius 2 is 1.85 bits per heavy atom. The maximum atomic E-state index is 13.9. The molecule has 1 aromatic heterocycles. The average Bonchev–Trinajstić information content (AvgIpc) is 2.97. The molecule has 0 atom stereocenters. The van der Waals surface area contributed by atoms with Gasteiger partial charge in [-0.2, -0.15) is 0 Å². The molecule has 7 heteroatoms. The second-order valence-electron chi connectivity index (χ2n) is 7.01. The zero-order valence-corrected chi connectivity index (χ0v) is 16.5. The fourth-order valence-electron chi connectivity index (χ4n) is 3.11. The monoisotopic (exact) mass is 389 g/mol. The summed E-state index contributed by atoms with van der Waals surface area (Å²) in [6.45, 7) is 6.15. The van der Waals surface area contributed by atoms with Crippen molar-refractivity contribution in [3.05, 3.63) is 51.7 Å². The van der Waals surface area contributed by atoms with Crippen LogP contribution >= 0.6 is 11.3 Å². The highest BCUT2D eigenvalue weighted by molar-refractivity contribution is 7.09. The summed E-state index contributed by atoms with van der Waals surface area (Å²) in [5.74, 6) is -0.446. The third-order valence-corrected chi connectivity index (χ3v) is 5.83. The summed E-state index contributed by atoms with van der Waals surface area (Å²) in [6.07, 6.45) is 0.963. The zero-order valence-electron chi connectivity index (χ0n) is 15.7. The molecule has 1 aromatic carbocycles. The fourth-order valence-corrected chi connectivity index (χ4v) is 3.95. The topological polar surface area (TPSA) is 53.5 Å². The third-order valence-electron chi connectivity index (χ3n) is 4.64. The van der Waals surface area contributed by atoms with Gasteiger partial charge in [-0.15, -0.1) is 11.3 Å². The Morgan fingerprint density at radius 3 is 2.56 bits per heavy atom. The highest BCUT2D eigenvalue weighted by atomic mass is 32.1. The Bertz CT molecular complexity index is 821. The van der Waals surface area contributed by atoms with E-state index in [-0.39, 0.29) is 23.8 Å². The van der Waals surface area contributed by atoms with Gasteiger partial charge in [0.2, 0.25) is 5.91 Å². The number of hydrogen-bond acceptors (Lipinski definition) is 4. The van der Waals surface area contributed by atoms with Gasteiger partial charge in [-0.25, -0.2) is 9.37 Å². The van der Waals surface area contributed by atoms with Gasteiger partial charge in [0.25, 0.3) is 5.91 Å². The lowest BCUT2D eigenvalue weighted by atomic mass is 10.2. The highest BCUT2D eigenvalue weighted by Crippen LogP contribution is 2.20. The minimum atomic E-state index is -0.510. The van der Waals surface area contributed by atoms with E-state index in [1.165, 1.54) is 12.1 Å². The van der Waals surface area contributed by atoms with Crippen molar-refractivity contribution in [3.8, 4) is 0 Å². The minimum absolute atomic E-state index is 0.0239. The molecule has 3 rings (SSSR count). The first-order valence-corrected chi connectivity index (χ1v) is 10.1. The van der Waals surface area contributed by atoms with Crippen LogP contribution in [0.15, 0.2) is 29.6 Å². The van der Waals surface area contributed by atoms with Crippen LogP contribution < -0.4 is 0 Å². The number of aromatic nitrogens is 1. The van der Waals surface area contributed by atoms with Crippen LogP contribution in [0, 0.1) is 5.82 Å². The van der Waals surface area contributed by atoms with E-state index in [0.717, 1.165) is 10.7 Å². The van der Waals surface area contributed by atoms with Gasteiger partial charge in [0, 0.05) is 37.5 Å². The number of carbonyl (C=O) groups is 2. The van der Waals surface area contributed by atoms with Crippen molar-refractivity contribution in [2.75, 3.05) is 26.2 Å². The Kier molecular flexibility index (Phi) is 6.21. The molecular formula is C20H24FN3O2S. The van der Waals surface area contributed by atoms with Crippen molar-refractivity contribution in [1.82, 2.24) is 14.8 Å². The summed E-state index contributed by atoms with van der Waals surface area (Å²) in [4.78, 5) is 33.1. The lowest BCUT2D eigenvalue weighted by Crippen LogP contribution is -2.38. The van der Waals surface area contributed by atoms with Crippen LogP contribution in [0.4, 0.5) is 4.39 Å². The van der Waals surface area contributed by atoms with Gasteiger partial charge >= 0.3 is 0 Å². The maximum Gasteiger partial charge on any atom is 0.256 e. The largest absolute Gasteiger partial charge is 0.341 e. The lowest BCUT2D eigenvalue weighted by Gasteiger charge is -2.22.